The molecule has 2 atom stereocenters. The zero-order chi connectivity index (χ0) is 13.0. The average Bonchev–Trinajstić information content (AvgIpc) is 2.77. The highest BCUT2D eigenvalue weighted by Crippen LogP contribution is 2.29. The lowest BCUT2D eigenvalue weighted by atomic mass is 10.1. The van der Waals surface area contributed by atoms with Crippen LogP contribution in [0.3, 0.4) is 0 Å². The highest BCUT2D eigenvalue weighted by atomic mass is 32.2. The van der Waals surface area contributed by atoms with Gasteiger partial charge >= 0.3 is 0 Å². The Labute approximate surface area is 113 Å². The van der Waals surface area contributed by atoms with Crippen LogP contribution in [0.2, 0.25) is 0 Å². The van der Waals surface area contributed by atoms with Gasteiger partial charge in [0, 0.05) is 29.8 Å². The molecule has 0 aliphatic carbocycles. The first-order valence-electron chi connectivity index (χ1n) is 6.35. The number of rotatable bonds is 4. The molecule has 1 aromatic rings. The van der Waals surface area contributed by atoms with E-state index in [4.69, 9.17) is 0 Å². The number of carbonyl (C=O) groups excluding carboxylic acids is 1. The van der Waals surface area contributed by atoms with Crippen LogP contribution in [-0.2, 0) is 11.2 Å². The summed E-state index contributed by atoms with van der Waals surface area (Å²) in [6.45, 7) is 2.27. The Bertz CT molecular complexity index is 422. The van der Waals surface area contributed by atoms with Crippen molar-refractivity contribution in [2.75, 3.05) is 18.1 Å². The Kier molecular flexibility index (Phi) is 4.53. The topological polar surface area (TPSA) is 41.1 Å². The molecular formula is C14H20N2OS. The van der Waals surface area contributed by atoms with Gasteiger partial charge in [-0.25, -0.2) is 0 Å². The molecular weight excluding hydrogens is 244 g/mol. The molecule has 1 saturated heterocycles. The molecule has 4 heteroatoms. The van der Waals surface area contributed by atoms with Gasteiger partial charge in [0.25, 0.3) is 0 Å². The van der Waals surface area contributed by atoms with Gasteiger partial charge in [-0.3, -0.25) is 4.79 Å². The van der Waals surface area contributed by atoms with Crippen LogP contribution in [0.4, 0.5) is 5.69 Å². The van der Waals surface area contributed by atoms with Crippen LogP contribution < -0.4 is 10.6 Å². The Morgan fingerprint density at radius 3 is 2.89 bits per heavy atom. The van der Waals surface area contributed by atoms with E-state index < -0.39 is 0 Å². The molecule has 0 bridgehead atoms. The summed E-state index contributed by atoms with van der Waals surface area (Å²) in [6.07, 6.45) is 1.63. The predicted octanol–water partition coefficient (Wildman–Crippen LogP) is 2.28. The van der Waals surface area contributed by atoms with E-state index in [0.29, 0.717) is 12.5 Å². The molecule has 1 aliphatic heterocycles. The van der Waals surface area contributed by atoms with Gasteiger partial charge in [-0.05, 0) is 18.1 Å². The smallest absolute Gasteiger partial charge is 0.224 e. The summed E-state index contributed by atoms with van der Waals surface area (Å²) < 4.78 is 0. The summed E-state index contributed by atoms with van der Waals surface area (Å²) >= 11 is 2.01. The molecule has 0 spiro atoms. The lowest BCUT2D eigenvalue weighted by Crippen LogP contribution is -2.23. The number of para-hydroxylation sites is 1. The number of hydrogen-bond donors (Lipinski definition) is 2. The first-order chi connectivity index (χ1) is 8.69. The van der Waals surface area contributed by atoms with Crippen LogP contribution in [0.5, 0.6) is 0 Å². The number of amides is 1. The number of nitrogens with one attached hydrogen (secondary N) is 2. The van der Waals surface area contributed by atoms with Gasteiger partial charge in [0.15, 0.2) is 0 Å². The van der Waals surface area contributed by atoms with Crippen molar-refractivity contribution in [3.8, 4) is 0 Å². The molecule has 0 saturated carbocycles. The molecule has 0 aromatic heterocycles. The first kappa shape index (κ1) is 13.3. The number of anilines is 1. The first-order valence-corrected chi connectivity index (χ1v) is 7.40. The van der Waals surface area contributed by atoms with Crippen molar-refractivity contribution in [1.29, 1.82) is 0 Å². The van der Waals surface area contributed by atoms with E-state index in [1.54, 1.807) is 7.05 Å². The minimum Gasteiger partial charge on any atom is -0.381 e. The number of hydrogen-bond acceptors (Lipinski definition) is 3. The van der Waals surface area contributed by atoms with Crippen molar-refractivity contribution in [2.24, 2.45) is 0 Å². The van der Waals surface area contributed by atoms with E-state index >= 15 is 0 Å². The molecule has 3 nitrogen and oxygen atoms in total. The average molecular weight is 264 g/mol. The SMILES string of the molecule is CNC(=O)Cc1ccccc1NC1CSC(C)C1. The summed E-state index contributed by atoms with van der Waals surface area (Å²) in [5, 5.41) is 6.97. The van der Waals surface area contributed by atoms with Crippen molar-refractivity contribution in [3.05, 3.63) is 29.8 Å². The summed E-state index contributed by atoms with van der Waals surface area (Å²) in [5.41, 5.74) is 2.17. The van der Waals surface area contributed by atoms with Crippen LogP contribution in [0.25, 0.3) is 0 Å². The molecule has 2 unspecified atom stereocenters. The van der Waals surface area contributed by atoms with Gasteiger partial charge in [-0.2, -0.15) is 11.8 Å². The number of benzene rings is 1. The highest BCUT2D eigenvalue weighted by molar-refractivity contribution is 8.00. The van der Waals surface area contributed by atoms with Gasteiger partial charge in [-0.15, -0.1) is 0 Å². The molecule has 2 rings (SSSR count). The van der Waals surface area contributed by atoms with E-state index in [-0.39, 0.29) is 5.91 Å². The maximum Gasteiger partial charge on any atom is 0.224 e. The molecule has 1 amide bonds. The van der Waals surface area contributed by atoms with Crippen LogP contribution in [-0.4, -0.2) is 30.0 Å². The van der Waals surface area contributed by atoms with Gasteiger partial charge in [-0.1, -0.05) is 25.1 Å². The van der Waals surface area contributed by atoms with Crippen LogP contribution in [0.15, 0.2) is 24.3 Å². The second-order valence-electron chi connectivity index (χ2n) is 4.73. The summed E-state index contributed by atoms with van der Waals surface area (Å²) in [4.78, 5) is 11.5. The Hall–Kier alpha value is -1.16. The fourth-order valence-electron chi connectivity index (χ4n) is 2.21. The van der Waals surface area contributed by atoms with E-state index in [1.165, 1.54) is 6.42 Å². The third-order valence-corrected chi connectivity index (χ3v) is 4.56. The maximum atomic E-state index is 11.5. The summed E-state index contributed by atoms with van der Waals surface area (Å²) in [5.74, 6) is 1.20. The summed E-state index contributed by atoms with van der Waals surface area (Å²) in [6, 6.07) is 8.60. The summed E-state index contributed by atoms with van der Waals surface area (Å²) in [7, 11) is 1.67. The number of thioether (sulfide) groups is 1. The van der Waals surface area contributed by atoms with Crippen molar-refractivity contribution in [3.63, 3.8) is 0 Å². The third-order valence-electron chi connectivity index (χ3n) is 3.21. The van der Waals surface area contributed by atoms with Crippen molar-refractivity contribution in [2.45, 2.75) is 31.1 Å². The van der Waals surface area contributed by atoms with Crippen molar-refractivity contribution < 1.29 is 4.79 Å². The van der Waals surface area contributed by atoms with Gasteiger partial charge < -0.3 is 10.6 Å². The van der Waals surface area contributed by atoms with Crippen LogP contribution >= 0.6 is 11.8 Å². The fraction of sp³-hybridized carbons (Fsp3) is 0.500. The van der Waals surface area contributed by atoms with Crippen molar-refractivity contribution >= 4 is 23.4 Å². The molecule has 98 valence electrons. The van der Waals surface area contributed by atoms with Crippen LogP contribution in [0.1, 0.15) is 18.9 Å². The Balaban J connectivity index is 2.05. The molecule has 18 heavy (non-hydrogen) atoms. The molecule has 0 radical (unpaired) electrons. The second kappa shape index (κ2) is 6.14. The lowest BCUT2D eigenvalue weighted by Gasteiger charge is -2.16. The van der Waals surface area contributed by atoms with Crippen LogP contribution in [0, 0.1) is 0 Å². The van der Waals surface area contributed by atoms with E-state index in [1.807, 2.05) is 30.0 Å². The third kappa shape index (κ3) is 3.42. The molecule has 2 N–H and O–H groups in total. The standard InChI is InChI=1S/C14H20N2OS/c1-10-7-12(9-18-10)16-13-6-4-3-5-11(13)8-14(17)15-2/h3-6,10,12,16H,7-9H2,1-2H3,(H,15,17). The highest BCUT2D eigenvalue weighted by Gasteiger charge is 2.22. The Morgan fingerprint density at radius 1 is 1.44 bits per heavy atom. The van der Waals surface area contributed by atoms with E-state index in [2.05, 4.69) is 23.6 Å². The zero-order valence-electron chi connectivity index (χ0n) is 10.9. The molecule has 1 aromatic carbocycles. The van der Waals surface area contributed by atoms with E-state index in [0.717, 1.165) is 22.3 Å². The van der Waals surface area contributed by atoms with Gasteiger partial charge in [0.2, 0.25) is 5.91 Å². The normalized spacial score (nSPS) is 22.8. The lowest BCUT2D eigenvalue weighted by molar-refractivity contribution is -0.119. The van der Waals surface area contributed by atoms with E-state index in [9.17, 15) is 4.79 Å². The number of likely N-dealkylation sites (N-methyl/N-ethyl adjacent to an activating group) is 1. The van der Waals surface area contributed by atoms with Gasteiger partial charge in [0.1, 0.15) is 0 Å². The zero-order valence-corrected chi connectivity index (χ0v) is 11.7. The molecule has 1 heterocycles. The monoisotopic (exact) mass is 264 g/mol. The second-order valence-corrected chi connectivity index (χ2v) is 6.20. The quantitative estimate of drug-likeness (QED) is 0.876. The Morgan fingerprint density at radius 2 is 2.22 bits per heavy atom. The van der Waals surface area contributed by atoms with Gasteiger partial charge in [0.05, 0.1) is 6.42 Å². The minimum absolute atomic E-state index is 0.0541. The number of carbonyl (C=O) groups is 1. The maximum absolute atomic E-state index is 11.5. The minimum atomic E-state index is 0.0541. The fourth-order valence-corrected chi connectivity index (χ4v) is 3.36. The molecule has 1 aliphatic rings. The molecule has 1 fully saturated rings. The largest absolute Gasteiger partial charge is 0.381 e. The predicted molar refractivity (Wildman–Crippen MR) is 78.2 cm³/mol. The van der Waals surface area contributed by atoms with Crippen molar-refractivity contribution in [1.82, 2.24) is 5.32 Å².